The highest BCUT2D eigenvalue weighted by Crippen LogP contribution is 2.36. The molecular formula is C17H28O4. The summed E-state index contributed by atoms with van der Waals surface area (Å²) >= 11 is 0. The maximum absolute atomic E-state index is 11.0. The van der Waals surface area contributed by atoms with E-state index in [1.807, 2.05) is 0 Å². The second-order valence-electron chi connectivity index (χ2n) is 6.74. The average Bonchev–Trinajstić information content (AvgIpc) is 2.42. The maximum atomic E-state index is 11.0. The van der Waals surface area contributed by atoms with E-state index in [2.05, 4.69) is 0 Å². The molecule has 0 spiro atoms. The molecule has 0 saturated heterocycles. The highest BCUT2D eigenvalue weighted by molar-refractivity contribution is 5.66. The molecule has 0 N–H and O–H groups in total. The van der Waals surface area contributed by atoms with Gasteiger partial charge in [0.25, 0.3) is 0 Å². The lowest BCUT2D eigenvalue weighted by Crippen LogP contribution is -2.27. The van der Waals surface area contributed by atoms with E-state index in [0.717, 1.165) is 37.5 Å². The molecule has 0 aromatic carbocycles. The van der Waals surface area contributed by atoms with Crippen LogP contribution in [-0.4, -0.2) is 24.1 Å². The molecule has 2 aliphatic carbocycles. The van der Waals surface area contributed by atoms with Gasteiger partial charge in [-0.1, -0.05) is 0 Å². The number of rotatable bonds is 4. The number of ether oxygens (including phenoxy) is 2. The Hall–Kier alpha value is -1.06. The first-order valence-corrected chi connectivity index (χ1v) is 8.37. The first kappa shape index (κ1) is 16.3. The first-order chi connectivity index (χ1) is 10.0. The van der Waals surface area contributed by atoms with Gasteiger partial charge in [0.15, 0.2) is 0 Å². The van der Waals surface area contributed by atoms with Crippen molar-refractivity contribution in [3.05, 3.63) is 0 Å². The Balaban J connectivity index is 1.64. The molecule has 0 heterocycles. The SMILES string of the molecule is CC(=O)OC1CCC(CC2CCC(OC(C)=O)CC2)CC1. The minimum Gasteiger partial charge on any atom is -0.463 e. The number of esters is 2. The van der Waals surface area contributed by atoms with Gasteiger partial charge < -0.3 is 9.47 Å². The van der Waals surface area contributed by atoms with E-state index in [0.29, 0.717) is 0 Å². The van der Waals surface area contributed by atoms with E-state index >= 15 is 0 Å². The Morgan fingerprint density at radius 3 is 1.33 bits per heavy atom. The summed E-state index contributed by atoms with van der Waals surface area (Å²) in [6.45, 7) is 2.99. The smallest absolute Gasteiger partial charge is 0.302 e. The molecular weight excluding hydrogens is 268 g/mol. The van der Waals surface area contributed by atoms with Gasteiger partial charge in [-0.05, 0) is 69.6 Å². The predicted molar refractivity (Wildman–Crippen MR) is 79.6 cm³/mol. The van der Waals surface area contributed by atoms with Gasteiger partial charge in [0.1, 0.15) is 12.2 Å². The van der Waals surface area contributed by atoms with Crippen LogP contribution in [0.3, 0.4) is 0 Å². The molecule has 0 amide bonds. The van der Waals surface area contributed by atoms with Crippen molar-refractivity contribution < 1.29 is 19.1 Å². The molecule has 0 radical (unpaired) electrons. The highest BCUT2D eigenvalue weighted by Gasteiger charge is 2.28. The van der Waals surface area contributed by atoms with Crippen molar-refractivity contribution in [3.63, 3.8) is 0 Å². The van der Waals surface area contributed by atoms with Crippen LogP contribution in [0.2, 0.25) is 0 Å². The summed E-state index contributed by atoms with van der Waals surface area (Å²) in [4.78, 5) is 21.9. The summed E-state index contributed by atoms with van der Waals surface area (Å²) in [6.07, 6.45) is 10.4. The van der Waals surface area contributed by atoms with E-state index in [1.165, 1.54) is 46.0 Å². The molecule has 2 saturated carbocycles. The Bertz CT molecular complexity index is 316. The maximum Gasteiger partial charge on any atom is 0.302 e. The van der Waals surface area contributed by atoms with Crippen LogP contribution < -0.4 is 0 Å². The van der Waals surface area contributed by atoms with Gasteiger partial charge in [-0.3, -0.25) is 9.59 Å². The van der Waals surface area contributed by atoms with Crippen LogP contribution >= 0.6 is 0 Å². The number of hydrogen-bond donors (Lipinski definition) is 0. The average molecular weight is 296 g/mol. The molecule has 0 bridgehead atoms. The molecule has 0 atom stereocenters. The summed E-state index contributed by atoms with van der Waals surface area (Å²) in [5.74, 6) is 1.27. The zero-order valence-electron chi connectivity index (χ0n) is 13.3. The molecule has 4 nitrogen and oxygen atoms in total. The molecule has 0 aromatic rings. The molecule has 21 heavy (non-hydrogen) atoms. The first-order valence-electron chi connectivity index (χ1n) is 8.37. The van der Waals surface area contributed by atoms with Crippen molar-refractivity contribution >= 4 is 11.9 Å². The van der Waals surface area contributed by atoms with Gasteiger partial charge in [0.05, 0.1) is 0 Å². The van der Waals surface area contributed by atoms with Crippen LogP contribution in [0.5, 0.6) is 0 Å². The second kappa shape index (κ2) is 7.81. The van der Waals surface area contributed by atoms with Crippen molar-refractivity contribution in [2.45, 2.75) is 83.8 Å². The normalized spacial score (nSPS) is 33.2. The van der Waals surface area contributed by atoms with E-state index in [9.17, 15) is 9.59 Å². The van der Waals surface area contributed by atoms with Crippen molar-refractivity contribution in [3.8, 4) is 0 Å². The van der Waals surface area contributed by atoms with Crippen molar-refractivity contribution in [2.24, 2.45) is 11.8 Å². The van der Waals surface area contributed by atoms with Crippen LogP contribution in [-0.2, 0) is 19.1 Å². The number of carbonyl (C=O) groups excluding carboxylic acids is 2. The zero-order valence-corrected chi connectivity index (χ0v) is 13.3. The minimum absolute atomic E-state index is 0.151. The standard InChI is InChI=1S/C17H28O4/c1-12(18)20-16-7-3-14(4-8-16)11-15-5-9-17(10-6-15)21-13(2)19/h14-17H,3-11H2,1-2H3. The Morgan fingerprint density at radius 2 is 1.05 bits per heavy atom. The third kappa shape index (κ3) is 5.68. The van der Waals surface area contributed by atoms with Crippen molar-refractivity contribution in [1.82, 2.24) is 0 Å². The van der Waals surface area contributed by atoms with E-state index in [4.69, 9.17) is 9.47 Å². The number of hydrogen-bond acceptors (Lipinski definition) is 4. The molecule has 2 aliphatic rings. The molecule has 2 rings (SSSR count). The molecule has 0 unspecified atom stereocenters. The lowest BCUT2D eigenvalue weighted by Gasteiger charge is -2.33. The number of carbonyl (C=O) groups is 2. The van der Waals surface area contributed by atoms with Crippen LogP contribution in [0.15, 0.2) is 0 Å². The lowest BCUT2D eigenvalue weighted by molar-refractivity contribution is -0.148. The van der Waals surface area contributed by atoms with Crippen LogP contribution in [0.25, 0.3) is 0 Å². The summed E-state index contributed by atoms with van der Waals surface area (Å²) in [7, 11) is 0. The van der Waals surface area contributed by atoms with Crippen LogP contribution in [0, 0.1) is 11.8 Å². The topological polar surface area (TPSA) is 52.6 Å². The van der Waals surface area contributed by atoms with Gasteiger partial charge in [-0.2, -0.15) is 0 Å². The fourth-order valence-corrected chi connectivity index (χ4v) is 3.91. The zero-order chi connectivity index (χ0) is 15.2. The Kier molecular flexibility index (Phi) is 6.07. The van der Waals surface area contributed by atoms with Gasteiger partial charge >= 0.3 is 11.9 Å². The monoisotopic (exact) mass is 296 g/mol. The van der Waals surface area contributed by atoms with E-state index in [1.54, 1.807) is 0 Å². The largest absolute Gasteiger partial charge is 0.463 e. The Labute approximate surface area is 127 Å². The summed E-state index contributed by atoms with van der Waals surface area (Å²) in [6, 6.07) is 0. The minimum atomic E-state index is -0.151. The lowest BCUT2D eigenvalue weighted by atomic mass is 9.76. The summed E-state index contributed by atoms with van der Waals surface area (Å²) in [5.41, 5.74) is 0. The fraction of sp³-hybridized carbons (Fsp3) is 0.882. The third-order valence-corrected chi connectivity index (χ3v) is 4.92. The van der Waals surface area contributed by atoms with Gasteiger partial charge in [-0.15, -0.1) is 0 Å². The van der Waals surface area contributed by atoms with Crippen LogP contribution in [0.1, 0.15) is 71.6 Å². The third-order valence-electron chi connectivity index (χ3n) is 4.92. The highest BCUT2D eigenvalue weighted by atomic mass is 16.5. The van der Waals surface area contributed by atoms with E-state index < -0.39 is 0 Å². The Morgan fingerprint density at radius 1 is 0.714 bits per heavy atom. The quantitative estimate of drug-likeness (QED) is 0.743. The van der Waals surface area contributed by atoms with Gasteiger partial charge in [0, 0.05) is 13.8 Å². The van der Waals surface area contributed by atoms with Gasteiger partial charge in [0.2, 0.25) is 0 Å². The predicted octanol–water partition coefficient (Wildman–Crippen LogP) is 3.62. The molecule has 2 fully saturated rings. The summed E-state index contributed by atoms with van der Waals surface area (Å²) in [5, 5.41) is 0. The van der Waals surface area contributed by atoms with Crippen molar-refractivity contribution in [2.75, 3.05) is 0 Å². The van der Waals surface area contributed by atoms with Crippen molar-refractivity contribution in [1.29, 1.82) is 0 Å². The molecule has 0 aromatic heterocycles. The fourth-order valence-electron chi connectivity index (χ4n) is 3.91. The molecule has 120 valence electrons. The van der Waals surface area contributed by atoms with E-state index in [-0.39, 0.29) is 24.1 Å². The van der Waals surface area contributed by atoms with Gasteiger partial charge in [-0.25, -0.2) is 0 Å². The summed E-state index contributed by atoms with van der Waals surface area (Å²) < 4.78 is 10.6. The molecule has 0 aliphatic heterocycles. The second-order valence-corrected chi connectivity index (χ2v) is 6.74. The van der Waals surface area contributed by atoms with Crippen LogP contribution in [0.4, 0.5) is 0 Å². The molecule has 4 heteroatoms.